The molecule has 128 valence electrons. The summed E-state index contributed by atoms with van der Waals surface area (Å²) >= 11 is 1.77. The predicted molar refractivity (Wildman–Crippen MR) is 91.9 cm³/mol. The highest BCUT2D eigenvalue weighted by molar-refractivity contribution is 7.10. The standard InChI is InChI=1S/C16H26N4O2S/c1-18-4-6-19(7-5-18)14(15-3-2-12-23-15)13-17-16(21)20-8-10-22-11-9-20/h2-3,12,14H,4-11,13H2,1H3,(H,17,21). The maximum absolute atomic E-state index is 12.3. The SMILES string of the molecule is CN1CCN(C(CNC(=O)N2CCOCC2)c2cccs2)CC1. The van der Waals surface area contributed by atoms with Gasteiger partial charge in [0.1, 0.15) is 0 Å². The van der Waals surface area contributed by atoms with E-state index in [-0.39, 0.29) is 12.1 Å². The Hall–Kier alpha value is -1.15. The molecule has 3 heterocycles. The van der Waals surface area contributed by atoms with E-state index >= 15 is 0 Å². The van der Waals surface area contributed by atoms with E-state index in [4.69, 9.17) is 4.74 Å². The molecule has 23 heavy (non-hydrogen) atoms. The van der Waals surface area contributed by atoms with Gasteiger partial charge in [0.25, 0.3) is 0 Å². The topological polar surface area (TPSA) is 48.0 Å². The molecule has 1 aromatic heterocycles. The first-order valence-corrected chi connectivity index (χ1v) is 9.18. The number of piperazine rings is 1. The monoisotopic (exact) mass is 338 g/mol. The van der Waals surface area contributed by atoms with Gasteiger partial charge in [0.2, 0.25) is 0 Å². The zero-order chi connectivity index (χ0) is 16.1. The molecule has 0 bridgehead atoms. The van der Waals surface area contributed by atoms with Crippen molar-refractivity contribution < 1.29 is 9.53 Å². The summed E-state index contributed by atoms with van der Waals surface area (Å²) in [6.07, 6.45) is 0. The number of hydrogen-bond acceptors (Lipinski definition) is 5. The van der Waals surface area contributed by atoms with Crippen molar-refractivity contribution in [2.75, 3.05) is 66.1 Å². The third-order valence-corrected chi connectivity index (χ3v) is 5.57. The Morgan fingerprint density at radius 3 is 2.65 bits per heavy atom. The highest BCUT2D eigenvalue weighted by atomic mass is 32.1. The summed E-state index contributed by atoms with van der Waals surface area (Å²) in [6, 6.07) is 4.57. The molecule has 2 fully saturated rings. The van der Waals surface area contributed by atoms with Crippen LogP contribution in [0.5, 0.6) is 0 Å². The molecule has 0 saturated carbocycles. The third kappa shape index (κ3) is 4.44. The van der Waals surface area contributed by atoms with Crippen LogP contribution < -0.4 is 5.32 Å². The average Bonchev–Trinajstić information content (AvgIpc) is 3.11. The van der Waals surface area contributed by atoms with Crippen LogP contribution in [-0.2, 0) is 4.74 Å². The summed E-state index contributed by atoms with van der Waals surface area (Å²) in [5.41, 5.74) is 0. The van der Waals surface area contributed by atoms with Crippen LogP contribution in [0, 0.1) is 0 Å². The number of nitrogens with zero attached hydrogens (tertiary/aromatic N) is 3. The van der Waals surface area contributed by atoms with Gasteiger partial charge in [0, 0.05) is 50.7 Å². The van der Waals surface area contributed by atoms with Crippen LogP contribution in [0.4, 0.5) is 4.79 Å². The molecule has 2 saturated heterocycles. The number of likely N-dealkylation sites (N-methyl/N-ethyl adjacent to an activating group) is 1. The molecule has 6 nitrogen and oxygen atoms in total. The summed E-state index contributed by atoms with van der Waals surface area (Å²) in [5, 5.41) is 5.25. The number of morpholine rings is 1. The lowest BCUT2D eigenvalue weighted by molar-refractivity contribution is 0.0520. The smallest absolute Gasteiger partial charge is 0.317 e. The molecule has 7 heteroatoms. The highest BCUT2D eigenvalue weighted by Crippen LogP contribution is 2.25. The van der Waals surface area contributed by atoms with Gasteiger partial charge in [0.05, 0.1) is 19.3 Å². The van der Waals surface area contributed by atoms with Crippen molar-refractivity contribution in [2.24, 2.45) is 0 Å². The van der Waals surface area contributed by atoms with Crippen LogP contribution in [0.2, 0.25) is 0 Å². The second-order valence-electron chi connectivity index (χ2n) is 6.16. The largest absolute Gasteiger partial charge is 0.378 e. The van der Waals surface area contributed by atoms with Crippen LogP contribution in [0.3, 0.4) is 0 Å². The number of thiophene rings is 1. The van der Waals surface area contributed by atoms with E-state index in [9.17, 15) is 4.79 Å². The first-order valence-electron chi connectivity index (χ1n) is 8.30. The van der Waals surface area contributed by atoms with Gasteiger partial charge in [-0.2, -0.15) is 0 Å². The molecule has 0 spiro atoms. The quantitative estimate of drug-likeness (QED) is 0.892. The van der Waals surface area contributed by atoms with E-state index in [0.29, 0.717) is 32.8 Å². The number of rotatable bonds is 4. The number of carbonyl (C=O) groups excluding carboxylic acids is 1. The van der Waals surface area contributed by atoms with E-state index in [2.05, 4.69) is 39.7 Å². The van der Waals surface area contributed by atoms with Crippen molar-refractivity contribution in [3.05, 3.63) is 22.4 Å². The van der Waals surface area contributed by atoms with E-state index in [0.717, 1.165) is 26.2 Å². The van der Waals surface area contributed by atoms with Gasteiger partial charge in [0.15, 0.2) is 0 Å². The zero-order valence-electron chi connectivity index (χ0n) is 13.7. The summed E-state index contributed by atoms with van der Waals surface area (Å²) in [7, 11) is 2.16. The number of nitrogens with one attached hydrogen (secondary N) is 1. The van der Waals surface area contributed by atoms with E-state index in [1.165, 1.54) is 4.88 Å². The summed E-state index contributed by atoms with van der Waals surface area (Å²) in [4.78, 5) is 20.4. The summed E-state index contributed by atoms with van der Waals surface area (Å²) < 4.78 is 5.31. The van der Waals surface area contributed by atoms with E-state index < -0.39 is 0 Å². The van der Waals surface area contributed by atoms with Crippen molar-refractivity contribution in [2.45, 2.75) is 6.04 Å². The Kier molecular flexibility index (Phi) is 5.88. The van der Waals surface area contributed by atoms with E-state index in [1.807, 2.05) is 4.90 Å². The number of carbonyl (C=O) groups is 1. The van der Waals surface area contributed by atoms with Crippen LogP contribution in [0.15, 0.2) is 17.5 Å². The molecule has 2 amide bonds. The van der Waals surface area contributed by atoms with Gasteiger partial charge in [-0.1, -0.05) is 6.07 Å². The molecule has 0 aromatic carbocycles. The van der Waals surface area contributed by atoms with Gasteiger partial charge in [-0.15, -0.1) is 11.3 Å². The first kappa shape index (κ1) is 16.7. The fourth-order valence-corrected chi connectivity index (χ4v) is 3.95. The molecule has 3 rings (SSSR count). The van der Waals surface area contributed by atoms with Gasteiger partial charge in [-0.25, -0.2) is 4.79 Å². The molecule has 1 aromatic rings. The minimum atomic E-state index is 0.0315. The maximum atomic E-state index is 12.3. The van der Waals surface area contributed by atoms with Crippen LogP contribution in [0.25, 0.3) is 0 Å². The van der Waals surface area contributed by atoms with E-state index in [1.54, 1.807) is 11.3 Å². The van der Waals surface area contributed by atoms with Gasteiger partial charge < -0.3 is 19.9 Å². The van der Waals surface area contributed by atoms with Gasteiger partial charge >= 0.3 is 6.03 Å². The molecule has 0 aliphatic carbocycles. The zero-order valence-corrected chi connectivity index (χ0v) is 14.6. The summed E-state index contributed by atoms with van der Waals surface area (Å²) in [5.74, 6) is 0. The van der Waals surface area contributed by atoms with Crippen LogP contribution >= 0.6 is 11.3 Å². The second kappa shape index (κ2) is 8.10. The fourth-order valence-electron chi connectivity index (χ4n) is 3.09. The number of urea groups is 1. The molecule has 2 aliphatic rings. The normalized spacial score (nSPS) is 22.0. The Balaban J connectivity index is 1.59. The lowest BCUT2D eigenvalue weighted by Gasteiger charge is -2.38. The van der Waals surface area contributed by atoms with Gasteiger partial charge in [-0.05, 0) is 18.5 Å². The lowest BCUT2D eigenvalue weighted by atomic mass is 10.1. The third-order valence-electron chi connectivity index (χ3n) is 4.60. The molecule has 1 N–H and O–H groups in total. The highest BCUT2D eigenvalue weighted by Gasteiger charge is 2.26. The molecular formula is C16H26N4O2S. The van der Waals surface area contributed by atoms with Crippen molar-refractivity contribution in [1.29, 1.82) is 0 Å². The number of ether oxygens (including phenoxy) is 1. The Bertz CT molecular complexity index is 482. The van der Waals surface area contributed by atoms with Gasteiger partial charge in [-0.3, -0.25) is 4.90 Å². The van der Waals surface area contributed by atoms with Crippen molar-refractivity contribution in [1.82, 2.24) is 20.0 Å². The van der Waals surface area contributed by atoms with Crippen molar-refractivity contribution in [3.8, 4) is 0 Å². The Labute approximate surface area is 142 Å². The fraction of sp³-hybridized carbons (Fsp3) is 0.688. The maximum Gasteiger partial charge on any atom is 0.317 e. The number of hydrogen-bond donors (Lipinski definition) is 1. The molecule has 1 unspecified atom stereocenters. The van der Waals surface area contributed by atoms with Crippen molar-refractivity contribution in [3.63, 3.8) is 0 Å². The summed E-state index contributed by atoms with van der Waals surface area (Å²) in [6.45, 7) is 7.58. The lowest BCUT2D eigenvalue weighted by Crippen LogP contribution is -2.51. The molecule has 1 atom stereocenters. The first-order chi connectivity index (χ1) is 11.2. The molecule has 0 radical (unpaired) electrons. The molecule has 2 aliphatic heterocycles. The molecular weight excluding hydrogens is 312 g/mol. The Morgan fingerprint density at radius 2 is 2.00 bits per heavy atom. The Morgan fingerprint density at radius 1 is 1.26 bits per heavy atom. The predicted octanol–water partition coefficient (Wildman–Crippen LogP) is 1.08. The average molecular weight is 338 g/mol. The number of amides is 2. The van der Waals surface area contributed by atoms with Crippen molar-refractivity contribution >= 4 is 17.4 Å². The van der Waals surface area contributed by atoms with Crippen LogP contribution in [0.1, 0.15) is 10.9 Å². The minimum absolute atomic E-state index is 0.0315. The van der Waals surface area contributed by atoms with Crippen LogP contribution in [-0.4, -0.2) is 86.8 Å². The minimum Gasteiger partial charge on any atom is -0.378 e. The second-order valence-corrected chi connectivity index (χ2v) is 7.14.